The molecular formula is C26H30ClN3O6S. The number of carbonyl (C=O) groups excluding carboxylic acids is 2. The van der Waals surface area contributed by atoms with Gasteiger partial charge in [-0.05, 0) is 69.0 Å². The lowest BCUT2D eigenvalue weighted by atomic mass is 10.0. The van der Waals surface area contributed by atoms with E-state index >= 15 is 0 Å². The van der Waals surface area contributed by atoms with Gasteiger partial charge in [0.1, 0.15) is 22.0 Å². The van der Waals surface area contributed by atoms with Crippen molar-refractivity contribution in [3.05, 3.63) is 63.9 Å². The van der Waals surface area contributed by atoms with Crippen LogP contribution in [-0.4, -0.2) is 57.3 Å². The van der Waals surface area contributed by atoms with E-state index in [0.717, 1.165) is 44.5 Å². The van der Waals surface area contributed by atoms with E-state index in [1.165, 1.54) is 18.2 Å². The van der Waals surface area contributed by atoms with Gasteiger partial charge in [0.25, 0.3) is 5.91 Å². The van der Waals surface area contributed by atoms with Gasteiger partial charge < -0.3 is 19.7 Å². The molecule has 0 saturated carbocycles. The van der Waals surface area contributed by atoms with E-state index in [9.17, 15) is 18.0 Å². The van der Waals surface area contributed by atoms with Crippen LogP contribution in [0.4, 0.5) is 0 Å². The molecule has 2 aromatic carbocycles. The number of nitrogens with one attached hydrogen (secondary N) is 1. The number of fused-ring (bicyclic) bond motifs is 1. The molecule has 0 spiro atoms. The highest BCUT2D eigenvalue weighted by atomic mass is 35.5. The summed E-state index contributed by atoms with van der Waals surface area (Å²) in [6.07, 6.45) is 2.32. The number of Topliss-reactive ketones (excluding diaryl/α,β-unsaturated/α-hetero) is 1. The van der Waals surface area contributed by atoms with Crippen LogP contribution in [0.25, 0.3) is 0 Å². The maximum atomic E-state index is 12.7. The standard InChI is InChI=1S/C26H30ClN3O6S/c1-16(2)25-24(31)23-20(5-3-6-21(23)36-25)35-14-4-11-30-12-9-18(10-13-30)29-26(32)17-7-8-19(27)22(15-17)37(28,33)34/h3,5-8,15,18H,4,9-14H2,1-2H3,(H,29,32)(H2,28,33,34). The predicted octanol–water partition coefficient (Wildman–Crippen LogP) is 3.52. The summed E-state index contributed by atoms with van der Waals surface area (Å²) in [5.74, 6) is 0.921. The predicted molar refractivity (Wildman–Crippen MR) is 140 cm³/mol. The van der Waals surface area contributed by atoms with E-state index in [-0.39, 0.29) is 33.2 Å². The average molecular weight is 548 g/mol. The molecule has 0 unspecified atom stereocenters. The van der Waals surface area contributed by atoms with Gasteiger partial charge in [0.15, 0.2) is 5.76 Å². The van der Waals surface area contributed by atoms with E-state index in [1.807, 2.05) is 19.9 Å². The summed E-state index contributed by atoms with van der Waals surface area (Å²) in [7, 11) is -4.02. The van der Waals surface area contributed by atoms with Crippen LogP contribution in [0.5, 0.6) is 11.5 Å². The Morgan fingerprint density at radius 3 is 2.62 bits per heavy atom. The van der Waals surface area contributed by atoms with Gasteiger partial charge in [0.2, 0.25) is 15.8 Å². The summed E-state index contributed by atoms with van der Waals surface area (Å²) < 4.78 is 35.0. The highest BCUT2D eigenvalue weighted by molar-refractivity contribution is 7.89. The zero-order valence-electron chi connectivity index (χ0n) is 20.8. The Balaban J connectivity index is 1.22. The second-order valence-corrected chi connectivity index (χ2v) is 11.3. The quantitative estimate of drug-likeness (QED) is 0.382. The molecule has 2 aliphatic rings. The zero-order chi connectivity index (χ0) is 26.7. The molecular weight excluding hydrogens is 518 g/mol. The summed E-state index contributed by atoms with van der Waals surface area (Å²) in [6, 6.07) is 9.38. The molecule has 1 amide bonds. The lowest BCUT2D eigenvalue weighted by molar-refractivity contribution is 0.0909. The second-order valence-electron chi connectivity index (χ2n) is 9.37. The van der Waals surface area contributed by atoms with Crippen molar-refractivity contribution in [3.8, 4) is 11.5 Å². The maximum absolute atomic E-state index is 12.7. The molecule has 0 aromatic heterocycles. The third-order valence-electron chi connectivity index (χ3n) is 6.39. The lowest BCUT2D eigenvalue weighted by Gasteiger charge is -2.32. The Labute approximate surface area is 221 Å². The van der Waals surface area contributed by atoms with Crippen molar-refractivity contribution < 1.29 is 27.5 Å². The van der Waals surface area contributed by atoms with Crippen LogP contribution in [0.1, 0.15) is 53.8 Å². The van der Waals surface area contributed by atoms with Crippen LogP contribution in [0.2, 0.25) is 5.02 Å². The van der Waals surface area contributed by atoms with Crippen molar-refractivity contribution in [3.63, 3.8) is 0 Å². The molecule has 2 heterocycles. The summed E-state index contributed by atoms with van der Waals surface area (Å²) in [6.45, 7) is 6.60. The van der Waals surface area contributed by atoms with Crippen molar-refractivity contribution in [1.82, 2.24) is 10.2 Å². The molecule has 9 nitrogen and oxygen atoms in total. The Bertz CT molecular complexity index is 1350. The van der Waals surface area contributed by atoms with Crippen molar-refractivity contribution >= 4 is 33.3 Å². The number of carbonyl (C=O) groups is 2. The average Bonchev–Trinajstić information content (AvgIpc) is 3.20. The molecule has 0 aliphatic carbocycles. The number of hydrogen-bond donors (Lipinski definition) is 2. The van der Waals surface area contributed by atoms with Gasteiger partial charge in [-0.25, -0.2) is 13.6 Å². The van der Waals surface area contributed by atoms with E-state index in [0.29, 0.717) is 29.4 Å². The van der Waals surface area contributed by atoms with Gasteiger partial charge in [-0.2, -0.15) is 0 Å². The topological polar surface area (TPSA) is 128 Å². The first-order valence-corrected chi connectivity index (χ1v) is 14.0. The van der Waals surface area contributed by atoms with Gasteiger partial charge in [-0.15, -0.1) is 0 Å². The number of amides is 1. The monoisotopic (exact) mass is 547 g/mol. The first kappa shape index (κ1) is 27.1. The van der Waals surface area contributed by atoms with Crippen LogP contribution >= 0.6 is 11.6 Å². The van der Waals surface area contributed by atoms with Gasteiger partial charge in [0, 0.05) is 31.2 Å². The van der Waals surface area contributed by atoms with E-state index in [4.69, 9.17) is 26.2 Å². The van der Waals surface area contributed by atoms with Crippen LogP contribution < -0.4 is 19.9 Å². The number of nitrogens with zero attached hydrogens (tertiary/aromatic N) is 1. The number of ketones is 1. The largest absolute Gasteiger partial charge is 0.493 e. The molecule has 0 bridgehead atoms. The number of likely N-dealkylation sites (tertiary alicyclic amines) is 1. The third-order valence-corrected chi connectivity index (χ3v) is 7.78. The summed E-state index contributed by atoms with van der Waals surface area (Å²) in [5.41, 5.74) is 1.50. The lowest BCUT2D eigenvalue weighted by Crippen LogP contribution is -2.45. The molecule has 0 atom stereocenters. The molecule has 1 fully saturated rings. The third kappa shape index (κ3) is 6.32. The minimum atomic E-state index is -4.02. The molecule has 198 valence electrons. The Morgan fingerprint density at radius 1 is 1.22 bits per heavy atom. The number of sulfonamides is 1. The number of piperidine rings is 1. The normalized spacial score (nSPS) is 16.3. The number of primary sulfonamides is 1. The zero-order valence-corrected chi connectivity index (χ0v) is 22.3. The summed E-state index contributed by atoms with van der Waals surface area (Å²) >= 11 is 5.90. The SMILES string of the molecule is CC(C)=C1Oc2cccc(OCCCN3CCC(NC(=O)c4ccc(Cl)c(S(N)(=O)=O)c4)CC3)c2C1=O. The van der Waals surface area contributed by atoms with Crippen molar-refractivity contribution in [2.24, 2.45) is 5.14 Å². The fourth-order valence-electron chi connectivity index (χ4n) is 4.44. The minimum Gasteiger partial charge on any atom is -0.493 e. The highest BCUT2D eigenvalue weighted by Crippen LogP contribution is 2.38. The molecule has 0 radical (unpaired) electrons. The Morgan fingerprint density at radius 2 is 1.95 bits per heavy atom. The minimum absolute atomic E-state index is 0.0178. The van der Waals surface area contributed by atoms with Crippen LogP contribution in [0.3, 0.4) is 0 Å². The maximum Gasteiger partial charge on any atom is 0.251 e. The highest BCUT2D eigenvalue weighted by Gasteiger charge is 2.31. The van der Waals surface area contributed by atoms with Crippen molar-refractivity contribution in [2.75, 3.05) is 26.2 Å². The van der Waals surface area contributed by atoms with E-state index < -0.39 is 10.0 Å². The first-order chi connectivity index (χ1) is 17.5. The first-order valence-electron chi connectivity index (χ1n) is 12.1. The van der Waals surface area contributed by atoms with E-state index in [1.54, 1.807) is 12.1 Å². The van der Waals surface area contributed by atoms with Crippen LogP contribution in [0.15, 0.2) is 52.6 Å². The number of hydrogen-bond acceptors (Lipinski definition) is 7. The molecule has 11 heteroatoms. The molecule has 2 aromatic rings. The summed E-state index contributed by atoms with van der Waals surface area (Å²) in [4.78, 5) is 27.3. The number of nitrogens with two attached hydrogens (primary N) is 1. The number of rotatable bonds is 8. The summed E-state index contributed by atoms with van der Waals surface area (Å²) in [5, 5.41) is 8.12. The van der Waals surface area contributed by atoms with Gasteiger partial charge >= 0.3 is 0 Å². The van der Waals surface area contributed by atoms with Gasteiger partial charge in [-0.3, -0.25) is 9.59 Å². The number of halogens is 1. The molecule has 2 aliphatic heterocycles. The van der Waals surface area contributed by atoms with E-state index in [2.05, 4.69) is 10.2 Å². The van der Waals surface area contributed by atoms with Crippen LogP contribution in [0, 0.1) is 0 Å². The molecule has 37 heavy (non-hydrogen) atoms. The Kier molecular flexibility index (Phi) is 8.23. The number of benzene rings is 2. The molecule has 1 saturated heterocycles. The fourth-order valence-corrected chi connectivity index (χ4v) is 5.51. The second kappa shape index (κ2) is 11.2. The number of ether oxygens (including phenoxy) is 2. The van der Waals surface area contributed by atoms with Crippen molar-refractivity contribution in [1.29, 1.82) is 0 Å². The fraction of sp³-hybridized carbons (Fsp3) is 0.385. The van der Waals surface area contributed by atoms with Gasteiger partial charge in [-0.1, -0.05) is 17.7 Å². The molecule has 3 N–H and O–H groups in total. The number of allylic oxidation sites excluding steroid dienone is 2. The van der Waals surface area contributed by atoms with Gasteiger partial charge in [0.05, 0.1) is 11.6 Å². The van der Waals surface area contributed by atoms with Crippen molar-refractivity contribution in [2.45, 2.75) is 44.0 Å². The molecule has 4 rings (SSSR count). The Hall–Kier alpha value is -2.92. The van der Waals surface area contributed by atoms with Crippen LogP contribution in [-0.2, 0) is 10.0 Å². The smallest absolute Gasteiger partial charge is 0.251 e.